The van der Waals surface area contributed by atoms with Crippen LogP contribution in [0.1, 0.15) is 52.1 Å². The Labute approximate surface area is 152 Å². The summed E-state index contributed by atoms with van der Waals surface area (Å²) in [6, 6.07) is 1.80. The van der Waals surface area contributed by atoms with Crippen LogP contribution < -0.4 is 5.56 Å². The molecule has 1 amide bonds. The number of nitrogens with zero attached hydrogens (tertiary/aromatic N) is 3. The first-order valence-corrected chi connectivity index (χ1v) is 9.18. The SMILES string of the molecule is Cc1cn(C)c([C@@H]2CN(C(=O)c3cc4c([nH]c3=O)CCCC4)CCO2)n1. The number of hydrogen-bond donors (Lipinski definition) is 1. The molecule has 4 rings (SSSR count). The van der Waals surface area contributed by atoms with Gasteiger partial charge in [-0.05, 0) is 44.2 Å². The molecule has 0 unspecified atom stereocenters. The first kappa shape index (κ1) is 17.0. The maximum atomic E-state index is 13.0. The number of morpholine rings is 1. The molecular formula is C19H24N4O3. The van der Waals surface area contributed by atoms with Crippen molar-refractivity contribution in [2.45, 2.75) is 38.7 Å². The molecule has 0 bridgehead atoms. The van der Waals surface area contributed by atoms with Crippen molar-refractivity contribution in [3.05, 3.63) is 51.0 Å². The average molecular weight is 356 g/mol. The van der Waals surface area contributed by atoms with Crippen molar-refractivity contribution in [3.8, 4) is 0 Å². The van der Waals surface area contributed by atoms with E-state index < -0.39 is 0 Å². The van der Waals surface area contributed by atoms with Gasteiger partial charge in [-0.1, -0.05) is 0 Å². The first-order chi connectivity index (χ1) is 12.5. The lowest BCUT2D eigenvalue weighted by Gasteiger charge is -2.32. The highest BCUT2D eigenvalue weighted by Crippen LogP contribution is 2.23. The average Bonchev–Trinajstić information content (AvgIpc) is 2.99. The first-order valence-electron chi connectivity index (χ1n) is 9.18. The second-order valence-corrected chi connectivity index (χ2v) is 7.19. The van der Waals surface area contributed by atoms with Crippen LogP contribution >= 0.6 is 0 Å². The number of aryl methyl sites for hydroxylation is 4. The van der Waals surface area contributed by atoms with Gasteiger partial charge in [-0.15, -0.1) is 0 Å². The summed E-state index contributed by atoms with van der Waals surface area (Å²) in [6.45, 7) is 3.25. The second-order valence-electron chi connectivity index (χ2n) is 7.19. The molecule has 0 aromatic carbocycles. The number of nitrogens with one attached hydrogen (secondary N) is 1. The minimum absolute atomic E-state index is 0.223. The van der Waals surface area contributed by atoms with E-state index in [1.54, 1.807) is 11.0 Å². The Kier molecular flexibility index (Phi) is 4.40. The third-order valence-corrected chi connectivity index (χ3v) is 5.24. The molecule has 1 aliphatic heterocycles. The highest BCUT2D eigenvalue weighted by Gasteiger charge is 2.30. The summed E-state index contributed by atoms with van der Waals surface area (Å²) < 4.78 is 7.76. The number of amides is 1. The molecule has 3 heterocycles. The fourth-order valence-electron chi connectivity index (χ4n) is 3.93. The highest BCUT2D eigenvalue weighted by atomic mass is 16.5. The van der Waals surface area contributed by atoms with E-state index >= 15 is 0 Å². The van der Waals surface area contributed by atoms with Crippen molar-refractivity contribution >= 4 is 5.91 Å². The Morgan fingerprint density at radius 3 is 2.92 bits per heavy atom. The van der Waals surface area contributed by atoms with E-state index in [2.05, 4.69) is 9.97 Å². The smallest absolute Gasteiger partial charge is 0.261 e. The monoisotopic (exact) mass is 356 g/mol. The zero-order chi connectivity index (χ0) is 18.3. The molecule has 2 aliphatic rings. The molecule has 7 nitrogen and oxygen atoms in total. The molecule has 1 aliphatic carbocycles. The molecular weight excluding hydrogens is 332 g/mol. The number of rotatable bonds is 2. The molecule has 2 aromatic rings. The predicted molar refractivity (Wildman–Crippen MR) is 96.2 cm³/mol. The quantitative estimate of drug-likeness (QED) is 0.884. The zero-order valence-electron chi connectivity index (χ0n) is 15.2. The molecule has 138 valence electrons. The summed E-state index contributed by atoms with van der Waals surface area (Å²) in [5.41, 5.74) is 2.96. The van der Waals surface area contributed by atoms with Gasteiger partial charge in [-0.2, -0.15) is 0 Å². The highest BCUT2D eigenvalue weighted by molar-refractivity contribution is 5.94. The number of aromatic amines is 1. The minimum Gasteiger partial charge on any atom is -0.367 e. The van der Waals surface area contributed by atoms with Gasteiger partial charge in [0.1, 0.15) is 17.5 Å². The molecule has 1 atom stereocenters. The van der Waals surface area contributed by atoms with Crippen LogP contribution in [-0.2, 0) is 24.6 Å². The number of carbonyl (C=O) groups excluding carboxylic acids is 1. The van der Waals surface area contributed by atoms with Crippen molar-refractivity contribution in [2.75, 3.05) is 19.7 Å². The molecule has 26 heavy (non-hydrogen) atoms. The lowest BCUT2D eigenvalue weighted by atomic mass is 9.95. The molecule has 1 saturated heterocycles. The van der Waals surface area contributed by atoms with Crippen molar-refractivity contribution < 1.29 is 9.53 Å². The van der Waals surface area contributed by atoms with Gasteiger partial charge in [0, 0.05) is 25.5 Å². The Hall–Kier alpha value is -2.41. The van der Waals surface area contributed by atoms with Gasteiger partial charge in [-0.25, -0.2) is 4.98 Å². The number of pyridine rings is 1. The summed E-state index contributed by atoms with van der Waals surface area (Å²) in [5.74, 6) is 0.582. The summed E-state index contributed by atoms with van der Waals surface area (Å²) in [6.07, 6.45) is 5.66. The van der Waals surface area contributed by atoms with Gasteiger partial charge in [0.25, 0.3) is 11.5 Å². The Bertz CT molecular complexity index is 899. The van der Waals surface area contributed by atoms with Crippen LogP contribution in [0.2, 0.25) is 0 Å². The number of ether oxygens (including phenoxy) is 1. The molecule has 7 heteroatoms. The standard InChI is InChI=1S/C19H24N4O3/c1-12-10-22(2)17(20-12)16-11-23(7-8-26-16)19(25)14-9-13-5-3-4-6-15(13)21-18(14)24/h9-10,16H,3-8,11H2,1-2H3,(H,21,24)/t16-/m0/s1. The third kappa shape index (κ3) is 3.07. The predicted octanol–water partition coefficient (Wildman–Crippen LogP) is 1.51. The van der Waals surface area contributed by atoms with Gasteiger partial charge in [0.05, 0.1) is 18.8 Å². The number of carbonyl (C=O) groups is 1. The van der Waals surface area contributed by atoms with Crippen LogP contribution in [0.4, 0.5) is 0 Å². The van der Waals surface area contributed by atoms with E-state index in [1.807, 2.05) is 24.7 Å². The van der Waals surface area contributed by atoms with E-state index in [4.69, 9.17) is 4.74 Å². The van der Waals surface area contributed by atoms with E-state index in [1.165, 1.54) is 0 Å². The maximum Gasteiger partial charge on any atom is 0.261 e. The number of aromatic nitrogens is 3. The topological polar surface area (TPSA) is 80.2 Å². The van der Waals surface area contributed by atoms with Gasteiger partial charge >= 0.3 is 0 Å². The largest absolute Gasteiger partial charge is 0.367 e. The van der Waals surface area contributed by atoms with Crippen LogP contribution in [0.25, 0.3) is 0 Å². The normalized spacial score (nSPS) is 20.1. The molecule has 1 N–H and O–H groups in total. The maximum absolute atomic E-state index is 13.0. The molecule has 0 radical (unpaired) electrons. The fourth-order valence-corrected chi connectivity index (χ4v) is 3.93. The Morgan fingerprint density at radius 1 is 1.35 bits per heavy atom. The molecule has 1 fully saturated rings. The van der Waals surface area contributed by atoms with Gasteiger partial charge < -0.3 is 19.2 Å². The van der Waals surface area contributed by atoms with Crippen molar-refractivity contribution in [1.82, 2.24) is 19.4 Å². The zero-order valence-corrected chi connectivity index (χ0v) is 15.2. The second kappa shape index (κ2) is 6.72. The van der Waals surface area contributed by atoms with Gasteiger partial charge in [-0.3, -0.25) is 9.59 Å². The Balaban J connectivity index is 1.58. The summed E-state index contributed by atoms with van der Waals surface area (Å²) >= 11 is 0. The fraction of sp³-hybridized carbons (Fsp3) is 0.526. The van der Waals surface area contributed by atoms with Crippen LogP contribution in [0.15, 0.2) is 17.1 Å². The molecule has 2 aromatic heterocycles. The van der Waals surface area contributed by atoms with E-state index in [0.29, 0.717) is 19.7 Å². The summed E-state index contributed by atoms with van der Waals surface area (Å²) in [7, 11) is 1.92. The van der Waals surface area contributed by atoms with Crippen molar-refractivity contribution in [2.24, 2.45) is 7.05 Å². The van der Waals surface area contributed by atoms with Gasteiger partial charge in [0.2, 0.25) is 0 Å². The lowest BCUT2D eigenvalue weighted by molar-refractivity contribution is -0.0280. The molecule has 0 saturated carbocycles. The van der Waals surface area contributed by atoms with Gasteiger partial charge in [0.15, 0.2) is 0 Å². The van der Waals surface area contributed by atoms with Crippen molar-refractivity contribution in [1.29, 1.82) is 0 Å². The lowest BCUT2D eigenvalue weighted by Crippen LogP contribution is -2.44. The Morgan fingerprint density at radius 2 is 2.15 bits per heavy atom. The van der Waals surface area contributed by atoms with Crippen LogP contribution in [-0.4, -0.2) is 45.0 Å². The minimum atomic E-state index is -0.286. The number of imidazole rings is 1. The summed E-state index contributed by atoms with van der Waals surface area (Å²) in [5, 5.41) is 0. The van der Waals surface area contributed by atoms with E-state index in [9.17, 15) is 9.59 Å². The number of H-pyrrole nitrogens is 1. The van der Waals surface area contributed by atoms with Crippen LogP contribution in [0, 0.1) is 6.92 Å². The number of fused-ring (bicyclic) bond motifs is 1. The molecule has 0 spiro atoms. The summed E-state index contributed by atoms with van der Waals surface area (Å²) in [4.78, 5) is 34.6. The van der Waals surface area contributed by atoms with Crippen LogP contribution in [0.5, 0.6) is 0 Å². The van der Waals surface area contributed by atoms with E-state index in [0.717, 1.165) is 48.5 Å². The van der Waals surface area contributed by atoms with E-state index in [-0.39, 0.29) is 23.1 Å². The number of hydrogen-bond acceptors (Lipinski definition) is 4. The van der Waals surface area contributed by atoms with Crippen molar-refractivity contribution in [3.63, 3.8) is 0 Å². The van der Waals surface area contributed by atoms with Crippen LogP contribution in [0.3, 0.4) is 0 Å². The third-order valence-electron chi connectivity index (χ3n) is 5.24.